The van der Waals surface area contributed by atoms with Gasteiger partial charge in [0.2, 0.25) is 0 Å². The van der Waals surface area contributed by atoms with E-state index in [4.69, 9.17) is 14.2 Å². The van der Waals surface area contributed by atoms with Gasteiger partial charge in [-0.15, -0.1) is 0 Å². The second-order valence-corrected chi connectivity index (χ2v) is 7.60. The van der Waals surface area contributed by atoms with E-state index >= 15 is 0 Å². The summed E-state index contributed by atoms with van der Waals surface area (Å²) in [6.07, 6.45) is 9.58. The third kappa shape index (κ3) is 10.2. The number of carbonyl (C=O) groups excluding carboxylic acids is 1. The maximum atomic E-state index is 12.7. The molecule has 146 valence electrons. The molecule has 0 fully saturated rings. The van der Waals surface area contributed by atoms with Crippen LogP contribution in [0.5, 0.6) is 0 Å². The maximum absolute atomic E-state index is 12.7. The summed E-state index contributed by atoms with van der Waals surface area (Å²) in [4.78, 5) is 12.0. The summed E-state index contributed by atoms with van der Waals surface area (Å²) in [7, 11) is -2.53. The molecular weight excluding hydrogens is 339 g/mol. The first-order valence-electron chi connectivity index (χ1n) is 9.63. The molecule has 1 atom stereocenters. The lowest BCUT2D eigenvalue weighted by atomic mass is 10.3. The standard InChI is InChI=1S/C19H36O5P/c1-5-9-12-15-22-19(23-16-13-10-6-2,24-17-14-11-7-3)25(21)18(20)8-4/h8H,4-7,9-17H2,1-3H3/q+1. The molecule has 0 aliphatic rings. The number of hydrogen-bond acceptors (Lipinski definition) is 5. The minimum atomic E-state index is -2.53. The van der Waals surface area contributed by atoms with Crippen molar-refractivity contribution >= 4 is 13.3 Å². The number of unbranched alkanes of at least 4 members (excludes halogenated alkanes) is 6. The molecule has 0 rings (SSSR count). The van der Waals surface area contributed by atoms with Crippen molar-refractivity contribution in [2.45, 2.75) is 84.3 Å². The second-order valence-electron chi connectivity index (χ2n) is 6.03. The van der Waals surface area contributed by atoms with Gasteiger partial charge in [-0.25, -0.2) is 4.79 Å². The summed E-state index contributed by atoms with van der Waals surface area (Å²) in [5, 5.41) is 0. The summed E-state index contributed by atoms with van der Waals surface area (Å²) in [5.74, 6) is 0. The fourth-order valence-corrected chi connectivity index (χ4v) is 3.24. The molecule has 0 aliphatic carbocycles. The van der Waals surface area contributed by atoms with Crippen LogP contribution in [-0.2, 0) is 23.6 Å². The Morgan fingerprint density at radius 3 is 1.48 bits per heavy atom. The third-order valence-electron chi connectivity index (χ3n) is 3.72. The van der Waals surface area contributed by atoms with E-state index in [2.05, 4.69) is 27.4 Å². The quantitative estimate of drug-likeness (QED) is 0.132. The van der Waals surface area contributed by atoms with Crippen LogP contribution in [0.3, 0.4) is 0 Å². The van der Waals surface area contributed by atoms with Gasteiger partial charge in [0.05, 0.1) is 19.8 Å². The first kappa shape index (κ1) is 24.4. The van der Waals surface area contributed by atoms with Crippen molar-refractivity contribution in [1.82, 2.24) is 0 Å². The Morgan fingerprint density at radius 2 is 1.20 bits per heavy atom. The zero-order valence-electron chi connectivity index (χ0n) is 16.3. The van der Waals surface area contributed by atoms with Gasteiger partial charge in [0.25, 0.3) is 0 Å². The van der Waals surface area contributed by atoms with Gasteiger partial charge >= 0.3 is 19.0 Å². The SMILES string of the molecule is C=CC(=O)[P+](=O)C(OCCCCC)(OCCCCC)OCCCCC. The second kappa shape index (κ2) is 15.6. The van der Waals surface area contributed by atoms with Crippen molar-refractivity contribution in [3.05, 3.63) is 12.7 Å². The average molecular weight is 375 g/mol. The van der Waals surface area contributed by atoms with Gasteiger partial charge in [0.1, 0.15) is 0 Å². The van der Waals surface area contributed by atoms with E-state index in [0.29, 0.717) is 19.8 Å². The van der Waals surface area contributed by atoms with E-state index in [1.165, 1.54) is 0 Å². The molecule has 6 heteroatoms. The largest absolute Gasteiger partial charge is 0.519 e. The Kier molecular flexibility index (Phi) is 15.2. The summed E-state index contributed by atoms with van der Waals surface area (Å²) >= 11 is 0. The Balaban J connectivity index is 5.09. The van der Waals surface area contributed by atoms with Gasteiger partial charge in [0.15, 0.2) is 0 Å². The van der Waals surface area contributed by atoms with Crippen LogP contribution in [0.15, 0.2) is 12.7 Å². The van der Waals surface area contributed by atoms with Crippen LogP contribution in [0.2, 0.25) is 0 Å². The molecule has 0 saturated heterocycles. The molecule has 0 aromatic heterocycles. The molecule has 5 nitrogen and oxygen atoms in total. The maximum Gasteiger partial charge on any atom is 0.519 e. The lowest BCUT2D eigenvalue weighted by Gasteiger charge is -2.23. The van der Waals surface area contributed by atoms with E-state index in [0.717, 1.165) is 63.9 Å². The van der Waals surface area contributed by atoms with Crippen molar-refractivity contribution in [2.75, 3.05) is 19.8 Å². The fourth-order valence-electron chi connectivity index (χ4n) is 2.18. The van der Waals surface area contributed by atoms with E-state index in [-0.39, 0.29) is 0 Å². The van der Waals surface area contributed by atoms with Crippen molar-refractivity contribution in [3.63, 3.8) is 0 Å². The van der Waals surface area contributed by atoms with Crippen LogP contribution in [0, 0.1) is 0 Å². The molecule has 0 N–H and O–H groups in total. The molecule has 0 aromatic carbocycles. The third-order valence-corrected chi connectivity index (χ3v) is 5.19. The zero-order chi connectivity index (χ0) is 19.0. The number of carbonyl (C=O) groups is 1. The molecular formula is C19H36O5P+. The van der Waals surface area contributed by atoms with Crippen LogP contribution < -0.4 is 0 Å². The normalized spacial score (nSPS) is 12.2. The molecule has 0 heterocycles. The van der Waals surface area contributed by atoms with E-state index < -0.39 is 19.0 Å². The van der Waals surface area contributed by atoms with E-state index in [1.807, 2.05) is 0 Å². The Hall–Kier alpha value is -0.610. The smallest absolute Gasteiger partial charge is 0.285 e. The highest BCUT2D eigenvalue weighted by Gasteiger charge is 2.59. The molecule has 0 aliphatic heterocycles. The van der Waals surface area contributed by atoms with Crippen LogP contribution >= 0.6 is 7.80 Å². The van der Waals surface area contributed by atoms with Gasteiger partial charge in [-0.05, 0) is 19.3 Å². The van der Waals surface area contributed by atoms with Crippen molar-refractivity contribution in [1.29, 1.82) is 0 Å². The Bertz CT molecular complexity index is 353. The van der Waals surface area contributed by atoms with Crippen LogP contribution in [0.1, 0.15) is 78.6 Å². The molecule has 25 heavy (non-hydrogen) atoms. The predicted molar refractivity (Wildman–Crippen MR) is 102 cm³/mol. The molecule has 1 unspecified atom stereocenters. The van der Waals surface area contributed by atoms with Gasteiger partial charge in [0, 0.05) is 6.08 Å². The topological polar surface area (TPSA) is 61.8 Å². The van der Waals surface area contributed by atoms with Gasteiger partial charge in [-0.2, -0.15) is 0 Å². The summed E-state index contributed by atoms with van der Waals surface area (Å²) in [6.45, 7) is 10.8. The molecule has 0 aromatic rings. The van der Waals surface area contributed by atoms with Gasteiger partial charge < -0.3 is 0 Å². The number of rotatable bonds is 18. The zero-order valence-corrected chi connectivity index (χ0v) is 17.2. The monoisotopic (exact) mass is 375 g/mol. The first-order chi connectivity index (χ1) is 12.1. The molecule has 0 spiro atoms. The summed E-state index contributed by atoms with van der Waals surface area (Å²) in [5.41, 5.74) is -2.38. The molecule has 0 radical (unpaired) electrons. The van der Waals surface area contributed by atoms with Crippen molar-refractivity contribution in [3.8, 4) is 0 Å². The highest BCUT2D eigenvalue weighted by Crippen LogP contribution is 2.44. The lowest BCUT2D eigenvalue weighted by Crippen LogP contribution is -2.38. The van der Waals surface area contributed by atoms with Gasteiger partial charge in [-0.3, -0.25) is 14.2 Å². The van der Waals surface area contributed by atoms with E-state index in [9.17, 15) is 9.36 Å². The van der Waals surface area contributed by atoms with Crippen molar-refractivity contribution in [2.24, 2.45) is 0 Å². The fraction of sp³-hybridized carbons (Fsp3) is 0.842. The number of allylic oxidation sites excluding steroid dienone is 1. The highest BCUT2D eigenvalue weighted by atomic mass is 31.1. The van der Waals surface area contributed by atoms with E-state index in [1.54, 1.807) is 0 Å². The van der Waals surface area contributed by atoms with Crippen LogP contribution in [0.25, 0.3) is 0 Å². The van der Waals surface area contributed by atoms with Crippen LogP contribution in [-0.4, -0.2) is 31.1 Å². The average Bonchev–Trinajstić information content (AvgIpc) is 2.63. The predicted octanol–water partition coefficient (Wildman–Crippen LogP) is 5.76. The molecule has 0 amide bonds. The first-order valence-corrected chi connectivity index (χ1v) is 10.9. The minimum absolute atomic E-state index is 0.348. The van der Waals surface area contributed by atoms with Gasteiger partial charge in [-0.1, -0.05) is 70.4 Å². The minimum Gasteiger partial charge on any atom is -0.285 e. The summed E-state index contributed by atoms with van der Waals surface area (Å²) < 4.78 is 30.1. The molecule has 0 saturated carbocycles. The van der Waals surface area contributed by atoms with Crippen molar-refractivity contribution < 1.29 is 23.6 Å². The number of hydrogen-bond donors (Lipinski definition) is 0. The molecule has 0 bridgehead atoms. The Morgan fingerprint density at radius 1 is 0.840 bits per heavy atom. The lowest BCUT2D eigenvalue weighted by molar-refractivity contribution is -0.323. The Labute approximate surface area is 154 Å². The highest BCUT2D eigenvalue weighted by molar-refractivity contribution is 7.65. The summed E-state index contributed by atoms with van der Waals surface area (Å²) in [6, 6.07) is 0. The number of ether oxygens (including phenoxy) is 3. The van der Waals surface area contributed by atoms with Crippen LogP contribution in [0.4, 0.5) is 0 Å².